The number of carbonyl (C=O) groups is 1. The minimum Gasteiger partial charge on any atom is -0.359 e. The number of nitrogens with two attached hydrogens (primary N) is 1. The third kappa shape index (κ3) is 2.37. The van der Waals surface area contributed by atoms with Crippen molar-refractivity contribution in [2.24, 2.45) is 5.73 Å². The van der Waals surface area contributed by atoms with Crippen LogP contribution < -0.4 is 16.0 Å². The van der Waals surface area contributed by atoms with Gasteiger partial charge in [0.25, 0.3) is 0 Å². The van der Waals surface area contributed by atoms with Crippen molar-refractivity contribution < 1.29 is 4.79 Å². The third-order valence-corrected chi connectivity index (χ3v) is 2.80. The normalized spacial score (nSPS) is 15.3. The van der Waals surface area contributed by atoms with Gasteiger partial charge in [0.2, 0.25) is 5.91 Å². The lowest BCUT2D eigenvalue weighted by molar-refractivity contribution is -0.120. The van der Waals surface area contributed by atoms with Gasteiger partial charge in [-0.05, 0) is 17.7 Å². The quantitative estimate of drug-likeness (QED) is 0.746. The Hall–Kier alpha value is -2.06. The van der Waals surface area contributed by atoms with Crippen molar-refractivity contribution in [3.05, 3.63) is 29.3 Å². The Labute approximate surface area is 99.8 Å². The molecule has 0 bridgehead atoms. The maximum absolute atomic E-state index is 11.3. The summed E-state index contributed by atoms with van der Waals surface area (Å²) in [7, 11) is 0. The topological polar surface area (TPSA) is 82.2 Å². The van der Waals surface area contributed by atoms with Crippen LogP contribution in [0.1, 0.15) is 11.1 Å². The van der Waals surface area contributed by atoms with Gasteiger partial charge in [-0.1, -0.05) is 6.07 Å². The van der Waals surface area contributed by atoms with Gasteiger partial charge in [0, 0.05) is 19.6 Å². The summed E-state index contributed by atoms with van der Waals surface area (Å²) >= 11 is 0. The van der Waals surface area contributed by atoms with E-state index in [2.05, 4.69) is 11.4 Å². The van der Waals surface area contributed by atoms with Gasteiger partial charge in [-0.15, -0.1) is 0 Å². The zero-order chi connectivity index (χ0) is 12.3. The summed E-state index contributed by atoms with van der Waals surface area (Å²) < 4.78 is 0. The van der Waals surface area contributed by atoms with E-state index in [1.54, 1.807) is 6.07 Å². The fourth-order valence-electron chi connectivity index (χ4n) is 1.92. The van der Waals surface area contributed by atoms with E-state index in [1.807, 2.05) is 17.0 Å². The smallest absolute Gasteiger partial charge is 0.239 e. The molecule has 1 amide bonds. The van der Waals surface area contributed by atoms with Crippen molar-refractivity contribution >= 4 is 11.6 Å². The van der Waals surface area contributed by atoms with Crippen LogP contribution in [0.25, 0.3) is 0 Å². The third-order valence-electron chi connectivity index (χ3n) is 2.80. The number of hydrogen-bond acceptors (Lipinski definition) is 4. The van der Waals surface area contributed by atoms with Crippen molar-refractivity contribution in [3.8, 4) is 6.07 Å². The fourth-order valence-corrected chi connectivity index (χ4v) is 1.92. The first-order valence-electron chi connectivity index (χ1n) is 5.49. The largest absolute Gasteiger partial charge is 0.359 e. The maximum atomic E-state index is 11.3. The van der Waals surface area contributed by atoms with E-state index in [-0.39, 0.29) is 5.91 Å². The van der Waals surface area contributed by atoms with E-state index >= 15 is 0 Å². The highest BCUT2D eigenvalue weighted by Gasteiger charge is 2.18. The molecule has 1 aliphatic heterocycles. The van der Waals surface area contributed by atoms with E-state index < -0.39 is 0 Å². The van der Waals surface area contributed by atoms with Crippen molar-refractivity contribution in [2.75, 3.05) is 24.5 Å². The molecule has 1 fully saturated rings. The Bertz CT molecular complexity index is 478. The Morgan fingerprint density at radius 1 is 1.53 bits per heavy atom. The van der Waals surface area contributed by atoms with Crippen LogP contribution in [0.4, 0.5) is 5.69 Å². The molecule has 3 N–H and O–H groups in total. The van der Waals surface area contributed by atoms with Gasteiger partial charge in [0.05, 0.1) is 17.8 Å². The predicted molar refractivity (Wildman–Crippen MR) is 64.3 cm³/mol. The minimum atomic E-state index is -0.0111. The maximum Gasteiger partial charge on any atom is 0.239 e. The molecule has 1 aliphatic rings. The average molecular weight is 230 g/mol. The van der Waals surface area contributed by atoms with Crippen LogP contribution in [0.3, 0.4) is 0 Å². The molecule has 5 heteroatoms. The summed E-state index contributed by atoms with van der Waals surface area (Å²) in [6, 6.07) is 7.69. The number of piperazine rings is 1. The minimum absolute atomic E-state index is 0.0111. The molecule has 0 aromatic heterocycles. The summed E-state index contributed by atoms with van der Waals surface area (Å²) in [6.45, 7) is 2.05. The Morgan fingerprint density at radius 3 is 3.00 bits per heavy atom. The van der Waals surface area contributed by atoms with Crippen LogP contribution in [-0.4, -0.2) is 25.5 Å². The predicted octanol–water partition coefficient (Wildman–Crippen LogP) is -0.0468. The lowest BCUT2D eigenvalue weighted by Gasteiger charge is -2.29. The summed E-state index contributed by atoms with van der Waals surface area (Å²) in [5.74, 6) is -0.0111. The second kappa shape index (κ2) is 4.85. The number of rotatable bonds is 2. The van der Waals surface area contributed by atoms with Crippen LogP contribution in [0.2, 0.25) is 0 Å². The number of hydrogen-bond donors (Lipinski definition) is 2. The first kappa shape index (κ1) is 11.4. The molecular weight excluding hydrogens is 216 g/mol. The zero-order valence-corrected chi connectivity index (χ0v) is 9.44. The Balaban J connectivity index is 2.31. The highest BCUT2D eigenvalue weighted by molar-refractivity contribution is 5.83. The number of anilines is 1. The van der Waals surface area contributed by atoms with E-state index in [4.69, 9.17) is 11.0 Å². The Morgan fingerprint density at radius 2 is 2.35 bits per heavy atom. The van der Waals surface area contributed by atoms with Gasteiger partial charge in [-0.3, -0.25) is 4.79 Å². The van der Waals surface area contributed by atoms with Crippen molar-refractivity contribution in [3.63, 3.8) is 0 Å². The fraction of sp³-hybridized carbons (Fsp3) is 0.333. The number of nitriles is 1. The summed E-state index contributed by atoms with van der Waals surface area (Å²) in [6.07, 6.45) is 0. The number of benzene rings is 1. The van der Waals surface area contributed by atoms with E-state index in [0.29, 0.717) is 25.2 Å². The summed E-state index contributed by atoms with van der Waals surface area (Å²) in [5.41, 5.74) is 7.84. The van der Waals surface area contributed by atoms with Crippen molar-refractivity contribution in [1.82, 2.24) is 5.32 Å². The van der Waals surface area contributed by atoms with Gasteiger partial charge in [-0.2, -0.15) is 5.26 Å². The molecule has 1 heterocycles. The van der Waals surface area contributed by atoms with E-state index in [0.717, 1.165) is 17.8 Å². The molecule has 0 aliphatic carbocycles. The summed E-state index contributed by atoms with van der Waals surface area (Å²) in [5, 5.41) is 11.9. The van der Waals surface area contributed by atoms with Crippen LogP contribution in [0.15, 0.2) is 18.2 Å². The standard InChI is InChI=1S/C12H14N4O/c13-6-9-1-2-11(10(5-9)7-14)16-4-3-15-12(17)8-16/h1-2,5H,3-4,6,8,13H2,(H,15,17). The van der Waals surface area contributed by atoms with Crippen LogP contribution in [0.5, 0.6) is 0 Å². The van der Waals surface area contributed by atoms with Gasteiger partial charge < -0.3 is 16.0 Å². The molecule has 88 valence electrons. The first-order valence-corrected chi connectivity index (χ1v) is 5.49. The van der Waals surface area contributed by atoms with Crippen LogP contribution >= 0.6 is 0 Å². The number of nitrogens with one attached hydrogen (secondary N) is 1. The van der Waals surface area contributed by atoms with Crippen molar-refractivity contribution in [1.29, 1.82) is 5.26 Å². The van der Waals surface area contributed by atoms with Crippen LogP contribution in [-0.2, 0) is 11.3 Å². The lowest BCUT2D eigenvalue weighted by Crippen LogP contribution is -2.47. The van der Waals surface area contributed by atoms with Crippen molar-refractivity contribution in [2.45, 2.75) is 6.54 Å². The Kier molecular flexibility index (Phi) is 3.26. The number of carbonyl (C=O) groups excluding carboxylic acids is 1. The summed E-state index contributed by atoms with van der Waals surface area (Å²) in [4.78, 5) is 13.2. The molecular formula is C12H14N4O. The van der Waals surface area contributed by atoms with Gasteiger partial charge in [0.15, 0.2) is 0 Å². The lowest BCUT2D eigenvalue weighted by atomic mass is 10.1. The SMILES string of the molecule is N#Cc1cc(CN)ccc1N1CCNC(=O)C1. The average Bonchev–Trinajstić information content (AvgIpc) is 2.38. The highest BCUT2D eigenvalue weighted by atomic mass is 16.2. The van der Waals surface area contributed by atoms with E-state index in [9.17, 15) is 4.79 Å². The monoisotopic (exact) mass is 230 g/mol. The number of amides is 1. The molecule has 0 unspecified atom stereocenters. The second-order valence-corrected chi connectivity index (χ2v) is 3.94. The molecule has 0 atom stereocenters. The molecule has 5 nitrogen and oxygen atoms in total. The number of nitrogens with zero attached hydrogens (tertiary/aromatic N) is 2. The molecule has 1 aromatic rings. The molecule has 0 radical (unpaired) electrons. The molecule has 0 spiro atoms. The highest BCUT2D eigenvalue weighted by Crippen LogP contribution is 2.21. The van der Waals surface area contributed by atoms with Gasteiger partial charge in [0.1, 0.15) is 6.07 Å². The molecule has 1 aromatic carbocycles. The zero-order valence-electron chi connectivity index (χ0n) is 9.44. The molecule has 17 heavy (non-hydrogen) atoms. The molecule has 2 rings (SSSR count). The van der Waals surface area contributed by atoms with Gasteiger partial charge in [-0.25, -0.2) is 0 Å². The molecule has 0 saturated carbocycles. The van der Waals surface area contributed by atoms with Crippen LogP contribution in [0, 0.1) is 11.3 Å². The molecule has 1 saturated heterocycles. The van der Waals surface area contributed by atoms with Gasteiger partial charge >= 0.3 is 0 Å². The first-order chi connectivity index (χ1) is 8.24. The van der Waals surface area contributed by atoms with E-state index in [1.165, 1.54) is 0 Å². The second-order valence-electron chi connectivity index (χ2n) is 3.94.